The van der Waals surface area contributed by atoms with Crippen LogP contribution in [0.3, 0.4) is 0 Å². The van der Waals surface area contributed by atoms with E-state index < -0.39 is 15.1 Å². The number of rotatable bonds is 5. The highest BCUT2D eigenvalue weighted by molar-refractivity contribution is 7.92. The summed E-state index contributed by atoms with van der Waals surface area (Å²) in [5.74, 6) is 0.961. The van der Waals surface area contributed by atoms with Crippen LogP contribution in [0.15, 0.2) is 54.6 Å². The molecule has 0 N–H and O–H groups in total. The summed E-state index contributed by atoms with van der Waals surface area (Å²) < 4.78 is 31.5. The van der Waals surface area contributed by atoms with Gasteiger partial charge < -0.3 is 9.64 Å². The second-order valence-electron chi connectivity index (χ2n) is 7.59. The van der Waals surface area contributed by atoms with Gasteiger partial charge in [0.25, 0.3) is 5.91 Å². The molecule has 1 saturated heterocycles. The van der Waals surface area contributed by atoms with Crippen molar-refractivity contribution in [1.82, 2.24) is 4.90 Å². The number of para-hydroxylation sites is 2. The van der Waals surface area contributed by atoms with Crippen molar-refractivity contribution < 1.29 is 17.9 Å². The number of carbonyl (C=O) groups excluding carboxylic acids is 1. The van der Waals surface area contributed by atoms with Crippen molar-refractivity contribution in [3.63, 3.8) is 0 Å². The maximum atomic E-state index is 12.9. The van der Waals surface area contributed by atoms with Crippen LogP contribution < -0.4 is 4.74 Å². The quantitative estimate of drug-likeness (QED) is 0.761. The first-order valence-corrected chi connectivity index (χ1v) is 11.5. The molecule has 0 unspecified atom stereocenters. The van der Waals surface area contributed by atoms with Crippen molar-refractivity contribution >= 4 is 15.7 Å². The van der Waals surface area contributed by atoms with E-state index >= 15 is 0 Å². The Bertz CT molecular complexity index is 930. The maximum absolute atomic E-state index is 12.9. The summed E-state index contributed by atoms with van der Waals surface area (Å²) in [5, 5.41) is -0.654. The highest BCUT2D eigenvalue weighted by Gasteiger charge is 2.44. The second kappa shape index (κ2) is 7.95. The predicted molar refractivity (Wildman–Crippen MR) is 108 cm³/mol. The Labute approximate surface area is 166 Å². The molecular weight excluding hydrogens is 374 g/mol. The maximum Gasteiger partial charge on any atom is 0.257 e. The third-order valence-corrected chi connectivity index (χ3v) is 8.33. The second-order valence-corrected chi connectivity index (χ2v) is 10.1. The Morgan fingerprint density at radius 1 is 0.857 bits per heavy atom. The normalized spacial score (nSPS) is 18.5. The monoisotopic (exact) mass is 399 g/mol. The van der Waals surface area contributed by atoms with Gasteiger partial charge in [-0.15, -0.1) is 0 Å². The summed E-state index contributed by atoms with van der Waals surface area (Å²) in [7, 11) is -3.16. The zero-order valence-corrected chi connectivity index (χ0v) is 16.6. The number of likely N-dealkylation sites (tertiary alicyclic amines) is 1. The van der Waals surface area contributed by atoms with Crippen LogP contribution in [0.5, 0.6) is 11.5 Å². The van der Waals surface area contributed by atoms with Crippen LogP contribution in [0, 0.1) is 0 Å². The molecule has 4 rings (SSSR count). The topological polar surface area (TPSA) is 63.7 Å². The third kappa shape index (κ3) is 3.78. The Kier molecular flexibility index (Phi) is 5.40. The lowest BCUT2D eigenvalue weighted by Gasteiger charge is -2.41. The van der Waals surface area contributed by atoms with Crippen LogP contribution in [0.2, 0.25) is 0 Å². The van der Waals surface area contributed by atoms with E-state index in [4.69, 9.17) is 4.74 Å². The summed E-state index contributed by atoms with van der Waals surface area (Å²) in [6.45, 7) is 0.550. The van der Waals surface area contributed by atoms with Crippen LogP contribution in [0.1, 0.15) is 42.5 Å². The van der Waals surface area contributed by atoms with Crippen LogP contribution in [-0.2, 0) is 9.84 Å². The van der Waals surface area contributed by atoms with Crippen molar-refractivity contribution in [2.75, 3.05) is 13.1 Å². The summed E-state index contributed by atoms with van der Waals surface area (Å²) in [4.78, 5) is 14.5. The number of amides is 1. The molecule has 148 valence electrons. The SMILES string of the molecule is O=C(c1ccccc1Oc1ccccc1)N1CC(S(=O)(=O)C2CCCCC2)C1. The third-order valence-electron chi connectivity index (χ3n) is 5.71. The fourth-order valence-corrected chi connectivity index (χ4v) is 6.31. The van der Waals surface area contributed by atoms with Gasteiger partial charge in [-0.3, -0.25) is 4.79 Å². The van der Waals surface area contributed by atoms with E-state index in [1.807, 2.05) is 36.4 Å². The zero-order chi connectivity index (χ0) is 19.6. The first-order chi connectivity index (χ1) is 13.6. The Morgan fingerprint density at radius 2 is 1.50 bits per heavy atom. The van der Waals surface area contributed by atoms with Gasteiger partial charge >= 0.3 is 0 Å². The molecule has 1 saturated carbocycles. The van der Waals surface area contributed by atoms with Crippen LogP contribution in [0.4, 0.5) is 0 Å². The number of hydrogen-bond donors (Lipinski definition) is 0. The van der Waals surface area contributed by atoms with E-state index in [0.717, 1.165) is 32.1 Å². The Morgan fingerprint density at radius 3 is 2.21 bits per heavy atom. The fourth-order valence-electron chi connectivity index (χ4n) is 4.00. The van der Waals surface area contributed by atoms with Crippen molar-refractivity contribution in [3.8, 4) is 11.5 Å². The van der Waals surface area contributed by atoms with Crippen LogP contribution in [-0.4, -0.2) is 42.8 Å². The van der Waals surface area contributed by atoms with E-state index in [1.54, 1.807) is 23.1 Å². The average Bonchev–Trinajstić information content (AvgIpc) is 2.68. The standard InChI is InChI=1S/C22H25NO4S/c24-22(20-13-7-8-14-21(20)27-17-9-3-1-4-10-17)23-15-19(16-23)28(25,26)18-11-5-2-6-12-18/h1,3-4,7-10,13-14,18-19H,2,5-6,11-12,15-16H2. The molecule has 0 bridgehead atoms. The predicted octanol–water partition coefficient (Wildman–Crippen LogP) is 4.05. The number of nitrogens with zero attached hydrogens (tertiary/aromatic N) is 1. The average molecular weight is 400 g/mol. The van der Waals surface area contributed by atoms with Crippen LogP contribution >= 0.6 is 0 Å². The van der Waals surface area contributed by atoms with Gasteiger partial charge in [-0.25, -0.2) is 8.42 Å². The molecule has 2 aromatic rings. The molecule has 0 spiro atoms. The minimum absolute atomic E-state index is 0.179. The molecule has 0 radical (unpaired) electrons. The van der Waals surface area contributed by atoms with Crippen molar-refractivity contribution in [1.29, 1.82) is 0 Å². The number of ether oxygens (including phenoxy) is 1. The first kappa shape index (κ1) is 19.0. The van der Waals surface area contributed by atoms with E-state index in [9.17, 15) is 13.2 Å². The molecule has 1 aliphatic carbocycles. The highest BCUT2D eigenvalue weighted by atomic mass is 32.2. The first-order valence-electron chi connectivity index (χ1n) is 9.89. The largest absolute Gasteiger partial charge is 0.457 e. The highest BCUT2D eigenvalue weighted by Crippen LogP contribution is 2.32. The van der Waals surface area contributed by atoms with Gasteiger partial charge in [0.2, 0.25) is 0 Å². The molecule has 2 aliphatic rings. The van der Waals surface area contributed by atoms with Gasteiger partial charge in [-0.05, 0) is 37.1 Å². The van der Waals surface area contributed by atoms with Crippen LogP contribution in [0.25, 0.3) is 0 Å². The molecule has 2 fully saturated rings. The summed E-state index contributed by atoms with van der Waals surface area (Å²) >= 11 is 0. The van der Waals surface area contributed by atoms with Gasteiger partial charge in [-0.2, -0.15) is 0 Å². The van der Waals surface area contributed by atoms with E-state index in [2.05, 4.69) is 0 Å². The lowest BCUT2D eigenvalue weighted by Crippen LogP contribution is -2.58. The lowest BCUT2D eigenvalue weighted by atomic mass is 10.0. The molecule has 1 amide bonds. The minimum atomic E-state index is -3.16. The van der Waals surface area contributed by atoms with Gasteiger partial charge in [-0.1, -0.05) is 49.6 Å². The van der Waals surface area contributed by atoms with Gasteiger partial charge in [0, 0.05) is 13.1 Å². The van der Waals surface area contributed by atoms with Crippen molar-refractivity contribution in [3.05, 3.63) is 60.2 Å². The van der Waals surface area contributed by atoms with E-state index in [1.165, 1.54) is 0 Å². The van der Waals surface area contributed by atoms with Gasteiger partial charge in [0.05, 0.1) is 16.1 Å². The Hall–Kier alpha value is -2.34. The molecule has 0 atom stereocenters. The molecular formula is C22H25NO4S. The molecule has 0 aromatic heterocycles. The van der Waals surface area contributed by atoms with Crippen molar-refractivity contribution in [2.24, 2.45) is 0 Å². The van der Waals surface area contributed by atoms with E-state index in [0.29, 0.717) is 17.1 Å². The number of sulfone groups is 1. The summed E-state index contributed by atoms with van der Waals surface area (Å²) in [5.41, 5.74) is 0.458. The van der Waals surface area contributed by atoms with Crippen molar-refractivity contribution in [2.45, 2.75) is 42.6 Å². The fraction of sp³-hybridized carbons (Fsp3) is 0.409. The lowest BCUT2D eigenvalue weighted by molar-refractivity contribution is 0.0655. The molecule has 2 aromatic carbocycles. The number of carbonyl (C=O) groups is 1. The molecule has 1 heterocycles. The van der Waals surface area contributed by atoms with Gasteiger partial charge in [0.15, 0.2) is 9.84 Å². The molecule has 28 heavy (non-hydrogen) atoms. The Balaban J connectivity index is 1.44. The smallest absolute Gasteiger partial charge is 0.257 e. The molecule has 1 aliphatic heterocycles. The zero-order valence-electron chi connectivity index (χ0n) is 15.8. The summed E-state index contributed by atoms with van der Waals surface area (Å²) in [6, 6.07) is 16.4. The molecule has 5 nitrogen and oxygen atoms in total. The van der Waals surface area contributed by atoms with E-state index in [-0.39, 0.29) is 24.2 Å². The summed E-state index contributed by atoms with van der Waals surface area (Å²) in [6.07, 6.45) is 4.63. The number of hydrogen-bond acceptors (Lipinski definition) is 4. The van der Waals surface area contributed by atoms with Gasteiger partial charge in [0.1, 0.15) is 11.5 Å². The number of benzene rings is 2. The molecule has 6 heteroatoms. The minimum Gasteiger partial charge on any atom is -0.457 e.